The van der Waals surface area contributed by atoms with E-state index in [4.69, 9.17) is 27.3 Å². The number of anilines is 1. The Labute approximate surface area is 104 Å². The zero-order valence-corrected chi connectivity index (χ0v) is 9.61. The molecule has 2 aromatic carbocycles. The maximum absolute atomic E-state index is 8.67. The van der Waals surface area contributed by atoms with Crippen molar-refractivity contribution in [1.82, 2.24) is 0 Å². The Morgan fingerprint density at radius 1 is 1.12 bits per heavy atom. The van der Waals surface area contributed by atoms with Gasteiger partial charge in [0, 0.05) is 5.02 Å². The average Bonchev–Trinajstić information content (AvgIpc) is 2.34. The van der Waals surface area contributed by atoms with Crippen LogP contribution in [0.15, 0.2) is 42.5 Å². The number of nitriles is 1. The Kier molecular flexibility index (Phi) is 3.17. The van der Waals surface area contributed by atoms with Crippen LogP contribution in [-0.2, 0) is 0 Å². The highest BCUT2D eigenvalue weighted by atomic mass is 35.5. The molecular weight excluding hydrogens is 236 g/mol. The zero-order chi connectivity index (χ0) is 12.3. The van der Waals surface area contributed by atoms with Crippen LogP contribution in [0.5, 0.6) is 11.5 Å². The lowest BCUT2D eigenvalue weighted by Gasteiger charge is -2.08. The maximum Gasteiger partial charge on any atom is 0.150 e. The van der Waals surface area contributed by atoms with Gasteiger partial charge in [0.2, 0.25) is 0 Å². The van der Waals surface area contributed by atoms with Crippen molar-refractivity contribution in [2.45, 2.75) is 0 Å². The third kappa shape index (κ3) is 2.68. The molecule has 0 fully saturated rings. The van der Waals surface area contributed by atoms with E-state index in [0.29, 0.717) is 27.8 Å². The van der Waals surface area contributed by atoms with Gasteiger partial charge in [-0.2, -0.15) is 5.26 Å². The van der Waals surface area contributed by atoms with Crippen LogP contribution in [0.1, 0.15) is 5.56 Å². The molecule has 3 nitrogen and oxygen atoms in total. The van der Waals surface area contributed by atoms with Gasteiger partial charge in [-0.1, -0.05) is 11.6 Å². The Bertz CT molecular complexity index is 573. The molecule has 0 amide bonds. The molecule has 2 aromatic rings. The monoisotopic (exact) mass is 244 g/mol. The second-order valence-electron chi connectivity index (χ2n) is 3.42. The first-order valence-electron chi connectivity index (χ1n) is 4.92. The molecular formula is C13H9ClN2O. The highest BCUT2D eigenvalue weighted by Gasteiger charge is 2.02. The Balaban J connectivity index is 2.23. The van der Waals surface area contributed by atoms with Gasteiger partial charge in [-0.25, -0.2) is 0 Å². The molecule has 84 valence electrons. The standard InChI is InChI=1S/C13H9ClN2O/c14-10-3-6-13(12(16)7-10)17-11-4-1-9(8-15)2-5-11/h1-7H,16H2. The van der Waals surface area contributed by atoms with E-state index in [9.17, 15) is 0 Å². The second kappa shape index (κ2) is 4.77. The number of rotatable bonds is 2. The normalized spacial score (nSPS) is 9.65. The Morgan fingerprint density at radius 2 is 1.82 bits per heavy atom. The maximum atomic E-state index is 8.67. The number of hydrogen-bond donors (Lipinski definition) is 1. The van der Waals surface area contributed by atoms with E-state index in [2.05, 4.69) is 0 Å². The summed E-state index contributed by atoms with van der Waals surface area (Å²) in [5, 5.41) is 9.23. The van der Waals surface area contributed by atoms with Crippen molar-refractivity contribution >= 4 is 17.3 Å². The van der Waals surface area contributed by atoms with Crippen LogP contribution in [-0.4, -0.2) is 0 Å². The fraction of sp³-hybridized carbons (Fsp3) is 0. The molecule has 0 saturated heterocycles. The van der Waals surface area contributed by atoms with Gasteiger partial charge in [0.25, 0.3) is 0 Å². The number of hydrogen-bond acceptors (Lipinski definition) is 3. The summed E-state index contributed by atoms with van der Waals surface area (Å²) in [6.07, 6.45) is 0. The highest BCUT2D eigenvalue weighted by Crippen LogP contribution is 2.29. The van der Waals surface area contributed by atoms with Crippen LogP contribution in [0.4, 0.5) is 5.69 Å². The highest BCUT2D eigenvalue weighted by molar-refractivity contribution is 6.30. The summed E-state index contributed by atoms with van der Waals surface area (Å²) in [4.78, 5) is 0. The van der Waals surface area contributed by atoms with Gasteiger partial charge in [-0.3, -0.25) is 0 Å². The molecule has 0 atom stereocenters. The summed E-state index contributed by atoms with van der Waals surface area (Å²) in [5.41, 5.74) is 6.82. The fourth-order valence-corrected chi connectivity index (χ4v) is 1.52. The molecule has 0 bridgehead atoms. The second-order valence-corrected chi connectivity index (χ2v) is 3.86. The third-order valence-electron chi connectivity index (χ3n) is 2.18. The van der Waals surface area contributed by atoms with Crippen molar-refractivity contribution in [3.63, 3.8) is 0 Å². The van der Waals surface area contributed by atoms with Crippen LogP contribution in [0.2, 0.25) is 5.02 Å². The van der Waals surface area contributed by atoms with E-state index < -0.39 is 0 Å². The molecule has 0 heterocycles. The number of benzene rings is 2. The van der Waals surface area contributed by atoms with Gasteiger partial charge in [0.1, 0.15) is 11.5 Å². The first kappa shape index (κ1) is 11.3. The molecule has 0 spiro atoms. The van der Waals surface area contributed by atoms with E-state index in [0.717, 1.165) is 0 Å². The van der Waals surface area contributed by atoms with Crippen molar-refractivity contribution < 1.29 is 4.74 Å². The molecule has 0 radical (unpaired) electrons. The molecule has 4 heteroatoms. The Hall–Kier alpha value is -2.18. The minimum absolute atomic E-state index is 0.474. The first-order chi connectivity index (χ1) is 8.19. The summed E-state index contributed by atoms with van der Waals surface area (Å²) in [5.74, 6) is 1.16. The number of halogens is 1. The molecule has 0 aliphatic heterocycles. The van der Waals surface area contributed by atoms with E-state index >= 15 is 0 Å². The first-order valence-corrected chi connectivity index (χ1v) is 5.30. The van der Waals surface area contributed by atoms with Gasteiger partial charge < -0.3 is 10.5 Å². The summed E-state index contributed by atoms with van der Waals surface area (Å²) >= 11 is 5.79. The molecule has 2 rings (SSSR count). The zero-order valence-electron chi connectivity index (χ0n) is 8.85. The van der Waals surface area contributed by atoms with E-state index in [1.54, 1.807) is 42.5 Å². The quantitative estimate of drug-likeness (QED) is 0.822. The average molecular weight is 245 g/mol. The lowest BCUT2D eigenvalue weighted by atomic mass is 10.2. The SMILES string of the molecule is N#Cc1ccc(Oc2ccc(Cl)cc2N)cc1. The molecule has 0 unspecified atom stereocenters. The summed E-state index contributed by atoms with van der Waals surface area (Å²) < 4.78 is 5.57. The van der Waals surface area contributed by atoms with E-state index in [-0.39, 0.29) is 0 Å². The van der Waals surface area contributed by atoms with Crippen molar-refractivity contribution in [2.24, 2.45) is 0 Å². The van der Waals surface area contributed by atoms with Crippen LogP contribution >= 0.6 is 11.6 Å². The fourth-order valence-electron chi connectivity index (χ4n) is 1.34. The van der Waals surface area contributed by atoms with Crippen LogP contribution in [0.3, 0.4) is 0 Å². The summed E-state index contributed by atoms with van der Waals surface area (Å²) in [7, 11) is 0. The molecule has 0 aliphatic rings. The minimum Gasteiger partial charge on any atom is -0.455 e. The molecule has 0 saturated carbocycles. The number of nitrogens with two attached hydrogens (primary N) is 1. The van der Waals surface area contributed by atoms with Gasteiger partial charge >= 0.3 is 0 Å². The van der Waals surface area contributed by atoms with Gasteiger partial charge in [-0.15, -0.1) is 0 Å². The van der Waals surface area contributed by atoms with Gasteiger partial charge in [-0.05, 0) is 42.5 Å². The Morgan fingerprint density at radius 3 is 2.41 bits per heavy atom. The minimum atomic E-state index is 0.474. The predicted octanol–water partition coefficient (Wildman–Crippen LogP) is 3.59. The third-order valence-corrected chi connectivity index (χ3v) is 2.42. The van der Waals surface area contributed by atoms with Crippen molar-refractivity contribution in [3.8, 4) is 17.6 Å². The van der Waals surface area contributed by atoms with Crippen LogP contribution in [0.25, 0.3) is 0 Å². The number of nitrogen functional groups attached to an aromatic ring is 1. The van der Waals surface area contributed by atoms with E-state index in [1.165, 1.54) is 0 Å². The number of ether oxygens (including phenoxy) is 1. The number of nitrogens with zero attached hydrogens (tertiary/aromatic N) is 1. The van der Waals surface area contributed by atoms with Crippen LogP contribution in [0, 0.1) is 11.3 Å². The topological polar surface area (TPSA) is 59.0 Å². The van der Waals surface area contributed by atoms with Gasteiger partial charge in [0.15, 0.2) is 0 Å². The lowest BCUT2D eigenvalue weighted by Crippen LogP contribution is -1.91. The molecule has 2 N–H and O–H groups in total. The lowest BCUT2D eigenvalue weighted by molar-refractivity contribution is 0.485. The van der Waals surface area contributed by atoms with Gasteiger partial charge in [0.05, 0.1) is 17.3 Å². The van der Waals surface area contributed by atoms with Crippen molar-refractivity contribution in [1.29, 1.82) is 5.26 Å². The van der Waals surface area contributed by atoms with Crippen LogP contribution < -0.4 is 10.5 Å². The van der Waals surface area contributed by atoms with Crippen molar-refractivity contribution in [2.75, 3.05) is 5.73 Å². The molecule has 17 heavy (non-hydrogen) atoms. The summed E-state index contributed by atoms with van der Waals surface area (Å²) in [6.45, 7) is 0. The van der Waals surface area contributed by atoms with E-state index in [1.807, 2.05) is 6.07 Å². The largest absolute Gasteiger partial charge is 0.455 e. The molecule has 0 aliphatic carbocycles. The smallest absolute Gasteiger partial charge is 0.150 e. The predicted molar refractivity (Wildman–Crippen MR) is 67.1 cm³/mol. The summed E-state index contributed by atoms with van der Waals surface area (Å²) in [6, 6.07) is 13.9. The molecule has 0 aromatic heterocycles. The van der Waals surface area contributed by atoms with Crippen molar-refractivity contribution in [3.05, 3.63) is 53.1 Å².